The molecule has 1 fully saturated rings. The molecule has 0 aromatic heterocycles. The lowest BCUT2D eigenvalue weighted by Crippen LogP contribution is -2.38. The summed E-state index contributed by atoms with van der Waals surface area (Å²) in [4.78, 5) is 14.3. The third-order valence-electron chi connectivity index (χ3n) is 3.88. The highest BCUT2D eigenvalue weighted by molar-refractivity contribution is 6.31. The SMILES string of the molecule is Cc1cc(C(=O)N2CCC(CCN)CC2)ccc1Cl. The number of carbonyl (C=O) groups excluding carboxylic acids is 1. The van der Waals surface area contributed by atoms with Crippen LogP contribution in [0.1, 0.15) is 35.2 Å². The predicted octanol–water partition coefficient (Wildman–Crippen LogP) is 2.85. The summed E-state index contributed by atoms with van der Waals surface area (Å²) in [5.41, 5.74) is 7.27. The van der Waals surface area contributed by atoms with Gasteiger partial charge in [0.25, 0.3) is 5.91 Å². The molecule has 1 amide bonds. The van der Waals surface area contributed by atoms with Gasteiger partial charge in [-0.2, -0.15) is 0 Å². The van der Waals surface area contributed by atoms with Gasteiger partial charge in [-0.05, 0) is 62.4 Å². The highest BCUT2D eigenvalue weighted by atomic mass is 35.5. The van der Waals surface area contributed by atoms with Crippen LogP contribution in [0.5, 0.6) is 0 Å². The predicted molar refractivity (Wildman–Crippen MR) is 78.5 cm³/mol. The number of rotatable bonds is 3. The van der Waals surface area contributed by atoms with Gasteiger partial charge in [-0.3, -0.25) is 4.79 Å². The second kappa shape index (κ2) is 6.40. The minimum atomic E-state index is 0.117. The van der Waals surface area contributed by atoms with E-state index in [0.717, 1.165) is 50.0 Å². The van der Waals surface area contributed by atoms with Crippen molar-refractivity contribution < 1.29 is 4.79 Å². The van der Waals surface area contributed by atoms with Crippen molar-refractivity contribution in [3.8, 4) is 0 Å². The fraction of sp³-hybridized carbons (Fsp3) is 0.533. The number of carbonyl (C=O) groups is 1. The van der Waals surface area contributed by atoms with Crippen LogP contribution >= 0.6 is 11.6 Å². The van der Waals surface area contributed by atoms with E-state index in [1.54, 1.807) is 6.07 Å². The Kier molecular flexibility index (Phi) is 4.83. The van der Waals surface area contributed by atoms with Crippen LogP contribution in [0.3, 0.4) is 0 Å². The molecule has 0 aliphatic carbocycles. The monoisotopic (exact) mass is 280 g/mol. The minimum Gasteiger partial charge on any atom is -0.339 e. The molecule has 0 spiro atoms. The Morgan fingerprint density at radius 1 is 1.42 bits per heavy atom. The fourth-order valence-corrected chi connectivity index (χ4v) is 2.74. The van der Waals surface area contributed by atoms with Crippen molar-refractivity contribution in [3.63, 3.8) is 0 Å². The lowest BCUT2D eigenvalue weighted by molar-refractivity contribution is 0.0688. The summed E-state index contributed by atoms with van der Waals surface area (Å²) in [6.45, 7) is 4.35. The van der Waals surface area contributed by atoms with Crippen LogP contribution in [0.2, 0.25) is 5.02 Å². The molecular formula is C15H21ClN2O. The van der Waals surface area contributed by atoms with Crippen LogP contribution < -0.4 is 5.73 Å². The first-order valence-electron chi connectivity index (χ1n) is 6.87. The molecule has 0 atom stereocenters. The average Bonchev–Trinajstić information content (AvgIpc) is 2.42. The topological polar surface area (TPSA) is 46.3 Å². The summed E-state index contributed by atoms with van der Waals surface area (Å²) in [6, 6.07) is 5.48. The van der Waals surface area contributed by atoms with Gasteiger partial charge in [0.1, 0.15) is 0 Å². The van der Waals surface area contributed by atoms with E-state index in [0.29, 0.717) is 10.9 Å². The molecule has 1 aliphatic rings. The van der Waals surface area contributed by atoms with Gasteiger partial charge in [-0.1, -0.05) is 11.6 Å². The van der Waals surface area contributed by atoms with Crippen LogP contribution in [0.25, 0.3) is 0 Å². The smallest absolute Gasteiger partial charge is 0.253 e. The second-order valence-corrected chi connectivity index (χ2v) is 5.68. The number of nitrogens with two attached hydrogens (primary N) is 1. The first-order chi connectivity index (χ1) is 9.11. The summed E-state index contributed by atoms with van der Waals surface area (Å²) in [6.07, 6.45) is 3.20. The maximum absolute atomic E-state index is 12.4. The number of amides is 1. The van der Waals surface area contributed by atoms with Gasteiger partial charge in [-0.15, -0.1) is 0 Å². The zero-order valence-electron chi connectivity index (χ0n) is 11.4. The summed E-state index contributed by atoms with van der Waals surface area (Å²) < 4.78 is 0. The molecule has 4 heteroatoms. The highest BCUT2D eigenvalue weighted by Crippen LogP contribution is 2.22. The van der Waals surface area contributed by atoms with Crippen molar-refractivity contribution >= 4 is 17.5 Å². The zero-order chi connectivity index (χ0) is 13.8. The Hall–Kier alpha value is -1.06. The molecule has 3 nitrogen and oxygen atoms in total. The Morgan fingerprint density at radius 2 is 2.11 bits per heavy atom. The number of hydrogen-bond acceptors (Lipinski definition) is 2. The maximum Gasteiger partial charge on any atom is 0.253 e. The highest BCUT2D eigenvalue weighted by Gasteiger charge is 2.23. The first kappa shape index (κ1) is 14.4. The number of hydrogen-bond donors (Lipinski definition) is 1. The summed E-state index contributed by atoms with van der Waals surface area (Å²) in [5.74, 6) is 0.798. The molecular weight excluding hydrogens is 260 g/mol. The largest absolute Gasteiger partial charge is 0.339 e. The van der Waals surface area contributed by atoms with Gasteiger partial charge < -0.3 is 10.6 Å². The van der Waals surface area contributed by atoms with E-state index < -0.39 is 0 Å². The summed E-state index contributed by atoms with van der Waals surface area (Å²) >= 11 is 5.99. The molecule has 0 saturated carbocycles. The molecule has 104 valence electrons. The van der Waals surface area contributed by atoms with Crippen LogP contribution in [0.4, 0.5) is 0 Å². The van der Waals surface area contributed by atoms with E-state index in [1.807, 2.05) is 24.0 Å². The molecule has 1 heterocycles. The van der Waals surface area contributed by atoms with Gasteiger partial charge in [0.15, 0.2) is 0 Å². The van der Waals surface area contributed by atoms with Gasteiger partial charge >= 0.3 is 0 Å². The van der Waals surface area contributed by atoms with Crippen LogP contribution in [0.15, 0.2) is 18.2 Å². The minimum absolute atomic E-state index is 0.117. The third kappa shape index (κ3) is 3.48. The van der Waals surface area contributed by atoms with Crippen LogP contribution in [-0.4, -0.2) is 30.4 Å². The Bertz CT molecular complexity index is 453. The van der Waals surface area contributed by atoms with Crippen molar-refractivity contribution in [2.24, 2.45) is 11.7 Å². The van der Waals surface area contributed by atoms with Crippen LogP contribution in [0, 0.1) is 12.8 Å². The second-order valence-electron chi connectivity index (χ2n) is 5.28. The van der Waals surface area contributed by atoms with Crippen molar-refractivity contribution in [1.29, 1.82) is 0 Å². The summed E-state index contributed by atoms with van der Waals surface area (Å²) in [7, 11) is 0. The van der Waals surface area contributed by atoms with E-state index >= 15 is 0 Å². The third-order valence-corrected chi connectivity index (χ3v) is 4.31. The van der Waals surface area contributed by atoms with Crippen molar-refractivity contribution in [3.05, 3.63) is 34.3 Å². The number of nitrogens with zero attached hydrogens (tertiary/aromatic N) is 1. The quantitative estimate of drug-likeness (QED) is 0.925. The molecule has 1 saturated heterocycles. The fourth-order valence-electron chi connectivity index (χ4n) is 2.62. The average molecular weight is 281 g/mol. The molecule has 0 unspecified atom stereocenters. The van der Waals surface area contributed by atoms with Gasteiger partial charge in [0.2, 0.25) is 0 Å². The first-order valence-corrected chi connectivity index (χ1v) is 7.25. The zero-order valence-corrected chi connectivity index (χ0v) is 12.1. The molecule has 1 aromatic carbocycles. The standard InChI is InChI=1S/C15H21ClN2O/c1-11-10-13(2-3-14(11)16)15(19)18-8-5-12(4-7-17)6-9-18/h2-3,10,12H,4-9,17H2,1H3. The molecule has 2 N–H and O–H groups in total. The van der Waals surface area contributed by atoms with Crippen molar-refractivity contribution in [1.82, 2.24) is 4.90 Å². The number of halogens is 1. The lowest BCUT2D eigenvalue weighted by atomic mass is 9.93. The maximum atomic E-state index is 12.4. The Balaban J connectivity index is 1.99. The summed E-state index contributed by atoms with van der Waals surface area (Å²) in [5, 5.41) is 0.707. The number of piperidine rings is 1. The van der Waals surface area contributed by atoms with E-state index in [4.69, 9.17) is 17.3 Å². The van der Waals surface area contributed by atoms with Crippen molar-refractivity contribution in [2.45, 2.75) is 26.2 Å². The van der Waals surface area contributed by atoms with E-state index in [1.165, 1.54) is 0 Å². The Labute approximate surface area is 119 Å². The van der Waals surface area contributed by atoms with Crippen molar-refractivity contribution in [2.75, 3.05) is 19.6 Å². The molecule has 0 bridgehead atoms. The normalized spacial score (nSPS) is 16.7. The molecule has 1 aliphatic heterocycles. The van der Waals surface area contributed by atoms with Crippen LogP contribution in [-0.2, 0) is 0 Å². The van der Waals surface area contributed by atoms with Gasteiger partial charge in [0.05, 0.1) is 0 Å². The molecule has 2 rings (SSSR count). The van der Waals surface area contributed by atoms with Gasteiger partial charge in [-0.25, -0.2) is 0 Å². The number of aryl methyl sites for hydroxylation is 1. The molecule has 1 aromatic rings. The van der Waals surface area contributed by atoms with E-state index in [-0.39, 0.29) is 5.91 Å². The Morgan fingerprint density at radius 3 is 2.68 bits per heavy atom. The van der Waals surface area contributed by atoms with E-state index in [2.05, 4.69) is 0 Å². The van der Waals surface area contributed by atoms with E-state index in [9.17, 15) is 4.79 Å². The number of benzene rings is 1. The lowest BCUT2D eigenvalue weighted by Gasteiger charge is -2.32. The number of likely N-dealkylation sites (tertiary alicyclic amines) is 1. The van der Waals surface area contributed by atoms with Gasteiger partial charge in [0, 0.05) is 23.7 Å². The molecule has 0 radical (unpaired) electrons. The molecule has 19 heavy (non-hydrogen) atoms.